The van der Waals surface area contributed by atoms with Crippen LogP contribution in [0.4, 0.5) is 0 Å². The summed E-state index contributed by atoms with van der Waals surface area (Å²) in [4.78, 5) is 27.7. The van der Waals surface area contributed by atoms with Crippen LogP contribution in [0.15, 0.2) is 36.4 Å². The van der Waals surface area contributed by atoms with Gasteiger partial charge in [-0.15, -0.1) is 0 Å². The van der Waals surface area contributed by atoms with Crippen molar-refractivity contribution in [2.24, 2.45) is 0 Å². The number of aryl methyl sites for hydroxylation is 2. The minimum Gasteiger partial charge on any atom is -0.483 e. The Morgan fingerprint density at radius 1 is 1.09 bits per heavy atom. The molecule has 1 atom stereocenters. The molecule has 0 aliphatic carbocycles. The number of amides is 2. The molecular weight excluding hydrogens is 447 g/mol. The Labute approximate surface area is 201 Å². The van der Waals surface area contributed by atoms with Gasteiger partial charge in [0.05, 0.1) is 0 Å². The molecule has 0 aliphatic rings. The Kier molecular flexibility index (Phi) is 10.3. The molecule has 174 valence electrons. The Morgan fingerprint density at radius 3 is 2.41 bits per heavy atom. The number of unbranched alkanes of at least 4 members (excludes halogenated alkanes) is 1. The number of nitrogens with one attached hydrogen (secondary N) is 1. The lowest BCUT2D eigenvalue weighted by molar-refractivity contribution is -0.143. The van der Waals surface area contributed by atoms with Gasteiger partial charge in [0.2, 0.25) is 5.91 Å². The van der Waals surface area contributed by atoms with E-state index in [-0.39, 0.29) is 25.0 Å². The molecule has 0 spiro atoms. The maximum Gasteiger partial charge on any atom is 0.261 e. The Hall–Kier alpha value is -2.24. The van der Waals surface area contributed by atoms with E-state index in [2.05, 4.69) is 12.2 Å². The van der Waals surface area contributed by atoms with E-state index < -0.39 is 6.04 Å². The highest BCUT2D eigenvalue weighted by molar-refractivity contribution is 6.36. The summed E-state index contributed by atoms with van der Waals surface area (Å²) < 4.78 is 5.84. The van der Waals surface area contributed by atoms with E-state index in [0.29, 0.717) is 34.3 Å². The molecule has 2 aromatic carbocycles. The van der Waals surface area contributed by atoms with Crippen LogP contribution in [0.2, 0.25) is 10.0 Å². The maximum absolute atomic E-state index is 13.3. The summed E-state index contributed by atoms with van der Waals surface area (Å²) in [6.07, 6.45) is 2.30. The van der Waals surface area contributed by atoms with Gasteiger partial charge in [0, 0.05) is 28.7 Å². The summed E-state index contributed by atoms with van der Waals surface area (Å²) >= 11 is 12.7. The highest BCUT2D eigenvalue weighted by Gasteiger charge is 2.30. The Morgan fingerprint density at radius 2 is 1.78 bits per heavy atom. The SMILES string of the molecule is CCCCNC(=O)[C@H](CC)N(Cc1c(Cl)cccc1Cl)C(=O)COc1cc(C)ccc1C. The number of hydrogen-bond donors (Lipinski definition) is 1. The summed E-state index contributed by atoms with van der Waals surface area (Å²) in [5.74, 6) is 0.151. The first kappa shape index (κ1) is 26.0. The molecule has 2 rings (SSSR count). The van der Waals surface area contributed by atoms with E-state index in [1.165, 1.54) is 4.90 Å². The molecular formula is C25H32Cl2N2O3. The number of benzene rings is 2. The minimum absolute atomic E-state index is 0.118. The van der Waals surface area contributed by atoms with Gasteiger partial charge in [0.15, 0.2) is 6.61 Å². The van der Waals surface area contributed by atoms with E-state index in [0.717, 1.165) is 24.0 Å². The van der Waals surface area contributed by atoms with Crippen LogP contribution < -0.4 is 10.1 Å². The van der Waals surface area contributed by atoms with Gasteiger partial charge in [-0.05, 0) is 56.0 Å². The Bertz CT molecular complexity index is 913. The van der Waals surface area contributed by atoms with E-state index in [4.69, 9.17) is 27.9 Å². The van der Waals surface area contributed by atoms with Crippen LogP contribution in [0.3, 0.4) is 0 Å². The number of ether oxygens (including phenoxy) is 1. The molecule has 7 heteroatoms. The number of rotatable bonds is 11. The molecule has 2 amide bonds. The predicted octanol–water partition coefficient (Wildman–Crippen LogP) is 5.71. The molecule has 2 aromatic rings. The third-order valence-electron chi connectivity index (χ3n) is 5.30. The van der Waals surface area contributed by atoms with Gasteiger partial charge in [-0.1, -0.05) is 61.7 Å². The number of carbonyl (C=O) groups excluding carboxylic acids is 2. The standard InChI is InChI=1S/C25H32Cl2N2O3/c1-5-7-13-28-25(31)22(6-2)29(15-19-20(26)9-8-10-21(19)27)24(30)16-32-23-14-17(3)11-12-18(23)4/h8-12,14,22H,5-7,13,15-16H2,1-4H3,(H,28,31)/t22-/m0/s1. The number of hydrogen-bond acceptors (Lipinski definition) is 3. The van der Waals surface area contributed by atoms with Crippen LogP contribution in [0.25, 0.3) is 0 Å². The van der Waals surface area contributed by atoms with Crippen LogP contribution in [0, 0.1) is 13.8 Å². The largest absolute Gasteiger partial charge is 0.483 e. The zero-order valence-corrected chi connectivity index (χ0v) is 20.7. The average Bonchev–Trinajstić information content (AvgIpc) is 2.76. The molecule has 0 radical (unpaired) electrons. The average molecular weight is 479 g/mol. The third kappa shape index (κ3) is 7.14. The van der Waals surface area contributed by atoms with Gasteiger partial charge in [0.25, 0.3) is 5.91 Å². The van der Waals surface area contributed by atoms with Crippen molar-refractivity contribution in [1.82, 2.24) is 10.2 Å². The Balaban J connectivity index is 2.27. The molecule has 0 aliphatic heterocycles. The van der Waals surface area contributed by atoms with E-state index in [1.807, 2.05) is 39.0 Å². The molecule has 0 unspecified atom stereocenters. The molecule has 0 bridgehead atoms. The van der Waals surface area contributed by atoms with Crippen LogP contribution in [-0.4, -0.2) is 35.9 Å². The lowest BCUT2D eigenvalue weighted by Gasteiger charge is -2.31. The fourth-order valence-corrected chi connectivity index (χ4v) is 3.88. The number of carbonyl (C=O) groups is 2. The van der Waals surface area contributed by atoms with Crippen molar-refractivity contribution in [3.63, 3.8) is 0 Å². The van der Waals surface area contributed by atoms with Gasteiger partial charge < -0.3 is 15.0 Å². The first-order chi connectivity index (χ1) is 15.3. The van der Waals surface area contributed by atoms with E-state index in [9.17, 15) is 9.59 Å². The second-order valence-electron chi connectivity index (χ2n) is 7.85. The molecule has 0 fully saturated rings. The zero-order chi connectivity index (χ0) is 23.7. The second-order valence-corrected chi connectivity index (χ2v) is 8.66. The van der Waals surface area contributed by atoms with Gasteiger partial charge in [0.1, 0.15) is 11.8 Å². The third-order valence-corrected chi connectivity index (χ3v) is 6.01. The summed E-state index contributed by atoms with van der Waals surface area (Å²) in [5, 5.41) is 3.84. The normalized spacial score (nSPS) is 11.7. The van der Waals surface area contributed by atoms with Gasteiger partial charge in [-0.2, -0.15) is 0 Å². The van der Waals surface area contributed by atoms with Crippen molar-refractivity contribution < 1.29 is 14.3 Å². The lowest BCUT2D eigenvalue weighted by atomic mass is 10.1. The fraction of sp³-hybridized carbons (Fsp3) is 0.440. The van der Waals surface area contributed by atoms with Gasteiger partial charge in [-0.25, -0.2) is 0 Å². The van der Waals surface area contributed by atoms with E-state index >= 15 is 0 Å². The monoisotopic (exact) mass is 478 g/mol. The van der Waals surface area contributed by atoms with Gasteiger partial charge >= 0.3 is 0 Å². The number of halogens is 2. The molecule has 5 nitrogen and oxygen atoms in total. The van der Waals surface area contributed by atoms with Crippen molar-refractivity contribution in [1.29, 1.82) is 0 Å². The first-order valence-electron chi connectivity index (χ1n) is 11.0. The van der Waals surface area contributed by atoms with Crippen LogP contribution >= 0.6 is 23.2 Å². The maximum atomic E-state index is 13.3. The summed E-state index contributed by atoms with van der Waals surface area (Å²) in [5.41, 5.74) is 2.59. The molecule has 0 aromatic heterocycles. The lowest BCUT2D eigenvalue weighted by Crippen LogP contribution is -2.50. The minimum atomic E-state index is -0.658. The molecule has 32 heavy (non-hydrogen) atoms. The van der Waals surface area contributed by atoms with Crippen LogP contribution in [0.5, 0.6) is 5.75 Å². The van der Waals surface area contributed by atoms with Crippen molar-refractivity contribution in [3.8, 4) is 5.75 Å². The van der Waals surface area contributed by atoms with Crippen molar-refractivity contribution in [3.05, 3.63) is 63.1 Å². The predicted molar refractivity (Wildman–Crippen MR) is 130 cm³/mol. The first-order valence-corrected chi connectivity index (χ1v) is 11.7. The van der Waals surface area contributed by atoms with Crippen LogP contribution in [0.1, 0.15) is 49.8 Å². The topological polar surface area (TPSA) is 58.6 Å². The molecule has 0 heterocycles. The summed E-state index contributed by atoms with van der Waals surface area (Å²) in [6, 6.07) is 10.4. The highest BCUT2D eigenvalue weighted by Crippen LogP contribution is 2.27. The summed E-state index contributed by atoms with van der Waals surface area (Å²) in [6.45, 7) is 8.33. The van der Waals surface area contributed by atoms with Gasteiger partial charge in [-0.3, -0.25) is 9.59 Å². The quantitative estimate of drug-likeness (QED) is 0.420. The van der Waals surface area contributed by atoms with E-state index in [1.54, 1.807) is 18.2 Å². The molecule has 0 saturated heterocycles. The van der Waals surface area contributed by atoms with Crippen molar-refractivity contribution in [2.75, 3.05) is 13.2 Å². The zero-order valence-electron chi connectivity index (χ0n) is 19.2. The van der Waals surface area contributed by atoms with Crippen LogP contribution in [-0.2, 0) is 16.1 Å². The highest BCUT2D eigenvalue weighted by atomic mass is 35.5. The molecule has 1 N–H and O–H groups in total. The molecule has 0 saturated carbocycles. The van der Waals surface area contributed by atoms with Crippen molar-refractivity contribution >= 4 is 35.0 Å². The number of nitrogens with zero attached hydrogens (tertiary/aromatic N) is 1. The second kappa shape index (κ2) is 12.7. The van der Waals surface area contributed by atoms with Crippen molar-refractivity contribution in [2.45, 2.75) is 59.5 Å². The smallest absolute Gasteiger partial charge is 0.261 e. The summed E-state index contributed by atoms with van der Waals surface area (Å²) in [7, 11) is 0. The fourth-order valence-electron chi connectivity index (χ4n) is 3.36.